The lowest BCUT2D eigenvalue weighted by Gasteiger charge is -2.15. The number of nitrogens with one attached hydrogen (secondary N) is 2. The Balaban J connectivity index is 3.22. The van der Waals surface area contributed by atoms with Gasteiger partial charge in [-0.15, -0.1) is 0 Å². The fourth-order valence-electron chi connectivity index (χ4n) is 0.766. The molecule has 0 fully saturated rings. The summed E-state index contributed by atoms with van der Waals surface area (Å²) in [4.78, 5) is 0. The van der Waals surface area contributed by atoms with Gasteiger partial charge in [0.05, 0.1) is 0 Å². The standard InChI is InChI=1S/C7H18N2/c1-6(8-3)5-7(2)9-4/h6-9H,5H2,1-4H3. The van der Waals surface area contributed by atoms with Crippen molar-refractivity contribution in [2.24, 2.45) is 0 Å². The van der Waals surface area contributed by atoms with Crippen LogP contribution in [-0.2, 0) is 0 Å². The lowest BCUT2D eigenvalue weighted by atomic mass is 10.1. The van der Waals surface area contributed by atoms with E-state index in [2.05, 4.69) is 24.5 Å². The van der Waals surface area contributed by atoms with Crippen molar-refractivity contribution in [1.82, 2.24) is 10.6 Å². The molecular weight excluding hydrogens is 112 g/mol. The van der Waals surface area contributed by atoms with Gasteiger partial charge in [0.1, 0.15) is 0 Å². The van der Waals surface area contributed by atoms with Crippen LogP contribution in [0.25, 0.3) is 0 Å². The summed E-state index contributed by atoms with van der Waals surface area (Å²) in [6.45, 7) is 4.38. The molecule has 2 nitrogen and oxygen atoms in total. The van der Waals surface area contributed by atoms with Gasteiger partial charge >= 0.3 is 0 Å². The molecule has 0 radical (unpaired) electrons. The summed E-state index contributed by atoms with van der Waals surface area (Å²) < 4.78 is 0. The summed E-state index contributed by atoms with van der Waals surface area (Å²) in [6, 6.07) is 1.24. The maximum absolute atomic E-state index is 3.19. The average molecular weight is 130 g/mol. The molecule has 2 heteroatoms. The maximum Gasteiger partial charge on any atom is 0.00504 e. The molecule has 0 heterocycles. The Labute approximate surface area is 58.0 Å². The van der Waals surface area contributed by atoms with E-state index in [1.807, 2.05) is 14.1 Å². The number of hydrogen-bond acceptors (Lipinski definition) is 2. The Hall–Kier alpha value is -0.0800. The van der Waals surface area contributed by atoms with Crippen molar-refractivity contribution in [3.05, 3.63) is 0 Å². The molecular formula is C7H18N2. The van der Waals surface area contributed by atoms with Gasteiger partial charge in [0.25, 0.3) is 0 Å². The molecule has 2 unspecified atom stereocenters. The highest BCUT2D eigenvalue weighted by Crippen LogP contribution is 1.94. The minimum absolute atomic E-state index is 0.618. The summed E-state index contributed by atoms with van der Waals surface area (Å²) >= 11 is 0. The monoisotopic (exact) mass is 130 g/mol. The van der Waals surface area contributed by atoms with E-state index in [-0.39, 0.29) is 0 Å². The minimum atomic E-state index is 0.618. The van der Waals surface area contributed by atoms with Gasteiger partial charge in [0.15, 0.2) is 0 Å². The van der Waals surface area contributed by atoms with E-state index in [0.29, 0.717) is 12.1 Å². The Morgan fingerprint density at radius 2 is 1.33 bits per heavy atom. The van der Waals surface area contributed by atoms with E-state index >= 15 is 0 Å². The maximum atomic E-state index is 3.19. The molecule has 0 rings (SSSR count). The molecule has 0 amide bonds. The van der Waals surface area contributed by atoms with E-state index in [1.54, 1.807) is 0 Å². The second kappa shape index (κ2) is 4.77. The molecule has 56 valence electrons. The summed E-state index contributed by atoms with van der Waals surface area (Å²) in [5.41, 5.74) is 0. The van der Waals surface area contributed by atoms with Crippen LogP contribution < -0.4 is 10.6 Å². The molecule has 0 saturated carbocycles. The minimum Gasteiger partial charge on any atom is -0.317 e. The normalized spacial score (nSPS) is 17.3. The lowest BCUT2D eigenvalue weighted by Crippen LogP contribution is -2.31. The molecule has 0 aliphatic heterocycles. The largest absolute Gasteiger partial charge is 0.317 e. The van der Waals surface area contributed by atoms with E-state index in [9.17, 15) is 0 Å². The quantitative estimate of drug-likeness (QED) is 0.582. The van der Waals surface area contributed by atoms with Crippen LogP contribution in [0.5, 0.6) is 0 Å². The zero-order chi connectivity index (χ0) is 7.28. The second-order valence-electron chi connectivity index (χ2n) is 2.62. The van der Waals surface area contributed by atoms with Gasteiger partial charge in [0, 0.05) is 12.1 Å². The molecule has 0 aromatic rings. The third-order valence-electron chi connectivity index (χ3n) is 1.69. The third kappa shape index (κ3) is 4.43. The molecule has 0 aliphatic rings. The molecule has 9 heavy (non-hydrogen) atoms. The van der Waals surface area contributed by atoms with Crippen LogP contribution in [0.3, 0.4) is 0 Å². The average Bonchev–Trinajstić information content (AvgIpc) is 1.87. The summed E-state index contributed by atoms with van der Waals surface area (Å²) in [6.07, 6.45) is 1.19. The number of hydrogen-bond donors (Lipinski definition) is 2. The first-order valence-corrected chi connectivity index (χ1v) is 3.55. The molecule has 0 aromatic heterocycles. The third-order valence-corrected chi connectivity index (χ3v) is 1.69. The van der Waals surface area contributed by atoms with Crippen molar-refractivity contribution in [3.63, 3.8) is 0 Å². The van der Waals surface area contributed by atoms with Crippen LogP contribution in [0.1, 0.15) is 20.3 Å². The predicted octanol–water partition coefficient (Wildman–Crippen LogP) is 0.592. The molecule has 0 bridgehead atoms. The molecule has 0 saturated heterocycles. The smallest absolute Gasteiger partial charge is 0.00504 e. The first-order chi connectivity index (χ1) is 4.20. The summed E-state index contributed by atoms with van der Waals surface area (Å²) in [7, 11) is 3.99. The van der Waals surface area contributed by atoms with Crippen LogP contribution >= 0.6 is 0 Å². The van der Waals surface area contributed by atoms with Gasteiger partial charge in [-0.25, -0.2) is 0 Å². The molecule has 2 atom stereocenters. The van der Waals surface area contributed by atoms with Gasteiger partial charge in [-0.3, -0.25) is 0 Å². The SMILES string of the molecule is CNC(C)CC(C)NC. The van der Waals surface area contributed by atoms with Crippen molar-refractivity contribution < 1.29 is 0 Å². The summed E-state index contributed by atoms with van der Waals surface area (Å²) in [5, 5.41) is 6.38. The van der Waals surface area contributed by atoms with Gasteiger partial charge < -0.3 is 10.6 Å². The van der Waals surface area contributed by atoms with Crippen molar-refractivity contribution in [3.8, 4) is 0 Å². The van der Waals surface area contributed by atoms with Crippen molar-refractivity contribution in [2.45, 2.75) is 32.4 Å². The zero-order valence-electron chi connectivity index (χ0n) is 6.86. The van der Waals surface area contributed by atoms with Crippen LogP contribution in [0.4, 0.5) is 0 Å². The Bertz CT molecular complexity index is 55.9. The molecule has 0 aromatic carbocycles. The van der Waals surface area contributed by atoms with Crippen molar-refractivity contribution in [1.29, 1.82) is 0 Å². The Morgan fingerprint density at radius 1 is 1.00 bits per heavy atom. The van der Waals surface area contributed by atoms with Gasteiger partial charge in [-0.2, -0.15) is 0 Å². The Kier molecular flexibility index (Phi) is 4.72. The highest BCUT2D eigenvalue weighted by Gasteiger charge is 2.02. The second-order valence-corrected chi connectivity index (χ2v) is 2.62. The first kappa shape index (κ1) is 8.92. The topological polar surface area (TPSA) is 24.1 Å². The van der Waals surface area contributed by atoms with E-state index in [4.69, 9.17) is 0 Å². The molecule has 0 spiro atoms. The van der Waals surface area contributed by atoms with Crippen LogP contribution in [0.2, 0.25) is 0 Å². The summed E-state index contributed by atoms with van der Waals surface area (Å²) in [5.74, 6) is 0. The Morgan fingerprint density at radius 3 is 1.56 bits per heavy atom. The van der Waals surface area contributed by atoms with Gasteiger partial charge in [-0.1, -0.05) is 0 Å². The highest BCUT2D eigenvalue weighted by molar-refractivity contribution is 4.65. The van der Waals surface area contributed by atoms with Gasteiger partial charge in [0.2, 0.25) is 0 Å². The van der Waals surface area contributed by atoms with Crippen molar-refractivity contribution >= 4 is 0 Å². The highest BCUT2D eigenvalue weighted by atomic mass is 14.9. The molecule has 2 N–H and O–H groups in total. The van der Waals surface area contributed by atoms with Crippen LogP contribution in [0, 0.1) is 0 Å². The first-order valence-electron chi connectivity index (χ1n) is 3.55. The predicted molar refractivity (Wildman–Crippen MR) is 41.7 cm³/mol. The van der Waals surface area contributed by atoms with Crippen LogP contribution in [0.15, 0.2) is 0 Å². The zero-order valence-corrected chi connectivity index (χ0v) is 6.86. The lowest BCUT2D eigenvalue weighted by molar-refractivity contribution is 0.469. The van der Waals surface area contributed by atoms with E-state index < -0.39 is 0 Å². The fourth-order valence-corrected chi connectivity index (χ4v) is 0.766. The van der Waals surface area contributed by atoms with Crippen LogP contribution in [-0.4, -0.2) is 26.2 Å². The molecule has 0 aliphatic carbocycles. The van der Waals surface area contributed by atoms with Crippen molar-refractivity contribution in [2.75, 3.05) is 14.1 Å². The number of rotatable bonds is 4. The van der Waals surface area contributed by atoms with E-state index in [1.165, 1.54) is 6.42 Å². The van der Waals surface area contributed by atoms with E-state index in [0.717, 1.165) is 0 Å². The van der Waals surface area contributed by atoms with Gasteiger partial charge in [-0.05, 0) is 34.4 Å². The fraction of sp³-hybridized carbons (Fsp3) is 1.00.